The number of likely N-dealkylation sites (tertiary alicyclic amines) is 1. The predicted molar refractivity (Wildman–Crippen MR) is 125 cm³/mol. The van der Waals surface area contributed by atoms with E-state index in [1.165, 1.54) is 17.5 Å². The zero-order valence-electron chi connectivity index (χ0n) is 19.4. The molecule has 0 spiro atoms. The molecule has 0 bridgehead atoms. The Kier molecular flexibility index (Phi) is 7.18. The maximum absolute atomic E-state index is 13.5. The molecule has 9 nitrogen and oxygen atoms in total. The van der Waals surface area contributed by atoms with E-state index in [0.717, 1.165) is 5.56 Å². The van der Waals surface area contributed by atoms with Crippen LogP contribution in [0.4, 0.5) is 0 Å². The highest BCUT2D eigenvalue weighted by atomic mass is 32.2. The average molecular weight is 487 g/mol. The lowest BCUT2D eigenvalue weighted by Gasteiger charge is -2.30. The van der Waals surface area contributed by atoms with Crippen molar-refractivity contribution >= 4 is 21.8 Å². The van der Waals surface area contributed by atoms with Gasteiger partial charge in [0, 0.05) is 32.0 Å². The second-order valence-electron chi connectivity index (χ2n) is 8.67. The average Bonchev–Trinajstić information content (AvgIpc) is 3.53. The fourth-order valence-electron chi connectivity index (χ4n) is 4.72. The van der Waals surface area contributed by atoms with Crippen molar-refractivity contribution < 1.29 is 22.7 Å². The summed E-state index contributed by atoms with van der Waals surface area (Å²) in [6.07, 6.45) is 5.62. The van der Waals surface area contributed by atoms with Gasteiger partial charge in [-0.05, 0) is 74.1 Å². The SMILES string of the molecule is COc1ccc(S(=O)(=O)N2CCC[C@@H]2C(=O)N2CCC[C@H]2C(=O)NCc2ccncc2)cc1C. The first-order valence-electron chi connectivity index (χ1n) is 11.5. The highest BCUT2D eigenvalue weighted by Crippen LogP contribution is 2.31. The van der Waals surface area contributed by atoms with E-state index in [9.17, 15) is 18.0 Å². The molecular weight excluding hydrogens is 456 g/mol. The highest BCUT2D eigenvalue weighted by molar-refractivity contribution is 7.89. The zero-order valence-corrected chi connectivity index (χ0v) is 20.3. The smallest absolute Gasteiger partial charge is 0.243 e. The first kappa shape index (κ1) is 24.2. The molecular formula is C24H30N4O5S. The zero-order chi connectivity index (χ0) is 24.3. The molecule has 0 aliphatic carbocycles. The van der Waals surface area contributed by atoms with Gasteiger partial charge in [-0.3, -0.25) is 14.6 Å². The molecule has 4 rings (SSSR count). The normalized spacial score (nSPS) is 20.9. The lowest BCUT2D eigenvalue weighted by atomic mass is 10.1. The number of nitrogens with one attached hydrogen (secondary N) is 1. The fraction of sp³-hybridized carbons (Fsp3) is 0.458. The molecule has 1 aromatic heterocycles. The van der Waals surface area contributed by atoms with Gasteiger partial charge in [0.25, 0.3) is 0 Å². The summed E-state index contributed by atoms with van der Waals surface area (Å²) >= 11 is 0. The molecule has 2 aromatic rings. The van der Waals surface area contributed by atoms with E-state index in [1.807, 2.05) is 12.1 Å². The number of aromatic nitrogens is 1. The summed E-state index contributed by atoms with van der Waals surface area (Å²) < 4.78 is 33.4. The van der Waals surface area contributed by atoms with E-state index in [0.29, 0.717) is 50.1 Å². The summed E-state index contributed by atoms with van der Waals surface area (Å²) in [5, 5.41) is 2.90. The van der Waals surface area contributed by atoms with Gasteiger partial charge in [-0.2, -0.15) is 4.31 Å². The summed E-state index contributed by atoms with van der Waals surface area (Å²) in [5.74, 6) is 0.0828. The fourth-order valence-corrected chi connectivity index (χ4v) is 6.46. The minimum atomic E-state index is -3.87. The maximum atomic E-state index is 13.5. The Morgan fingerprint density at radius 2 is 1.79 bits per heavy atom. The number of carbonyl (C=O) groups is 2. The van der Waals surface area contributed by atoms with Crippen LogP contribution in [0.5, 0.6) is 5.75 Å². The summed E-state index contributed by atoms with van der Waals surface area (Å²) in [6, 6.07) is 6.94. The van der Waals surface area contributed by atoms with Gasteiger partial charge in [-0.25, -0.2) is 8.42 Å². The highest BCUT2D eigenvalue weighted by Gasteiger charge is 2.44. The van der Waals surface area contributed by atoms with Crippen LogP contribution in [0.3, 0.4) is 0 Å². The van der Waals surface area contributed by atoms with Crippen LogP contribution in [0, 0.1) is 6.92 Å². The van der Waals surface area contributed by atoms with E-state index in [-0.39, 0.29) is 23.3 Å². The number of carbonyl (C=O) groups excluding carboxylic acids is 2. The summed E-state index contributed by atoms with van der Waals surface area (Å²) in [7, 11) is -2.34. The quantitative estimate of drug-likeness (QED) is 0.640. The Labute approximate surface area is 200 Å². The Bertz CT molecular complexity index is 1160. The molecule has 2 amide bonds. The molecule has 0 unspecified atom stereocenters. The van der Waals surface area contributed by atoms with Crippen LogP contribution in [-0.2, 0) is 26.2 Å². The topological polar surface area (TPSA) is 109 Å². The Morgan fingerprint density at radius 1 is 1.09 bits per heavy atom. The van der Waals surface area contributed by atoms with Gasteiger partial charge in [0.15, 0.2) is 0 Å². The molecule has 10 heteroatoms. The molecule has 2 saturated heterocycles. The third kappa shape index (κ3) is 4.78. The number of benzene rings is 1. The number of rotatable bonds is 7. The van der Waals surface area contributed by atoms with Crippen molar-refractivity contribution in [3.63, 3.8) is 0 Å². The first-order chi connectivity index (χ1) is 16.3. The molecule has 0 radical (unpaired) electrons. The standard InChI is InChI=1S/C24H30N4O5S/c1-17-15-19(7-8-22(17)33-2)34(31,32)28-14-4-6-21(28)24(30)27-13-3-5-20(27)23(29)26-16-18-9-11-25-12-10-18/h7-12,15,20-21H,3-6,13-14,16H2,1-2H3,(H,26,29)/t20-,21+/m0/s1. The van der Waals surface area contributed by atoms with Crippen LogP contribution < -0.4 is 10.1 Å². The molecule has 2 fully saturated rings. The third-order valence-corrected chi connectivity index (χ3v) is 8.42. The number of ether oxygens (including phenoxy) is 1. The second-order valence-corrected chi connectivity index (χ2v) is 10.6. The molecule has 34 heavy (non-hydrogen) atoms. The van der Waals surface area contributed by atoms with Crippen LogP contribution in [0.1, 0.15) is 36.8 Å². The monoisotopic (exact) mass is 486 g/mol. The Morgan fingerprint density at radius 3 is 2.50 bits per heavy atom. The Balaban J connectivity index is 1.48. The first-order valence-corrected chi connectivity index (χ1v) is 12.9. The largest absolute Gasteiger partial charge is 0.496 e. The number of methoxy groups -OCH3 is 1. The van der Waals surface area contributed by atoms with E-state index < -0.39 is 22.1 Å². The second kappa shape index (κ2) is 10.1. The summed E-state index contributed by atoms with van der Waals surface area (Å²) in [5.41, 5.74) is 1.62. The Hall–Kier alpha value is -2.98. The van der Waals surface area contributed by atoms with Crippen LogP contribution in [-0.4, -0.2) is 66.7 Å². The van der Waals surface area contributed by atoms with Crippen molar-refractivity contribution in [2.45, 2.75) is 56.1 Å². The number of hydrogen-bond acceptors (Lipinski definition) is 6. The van der Waals surface area contributed by atoms with Gasteiger partial charge >= 0.3 is 0 Å². The lowest BCUT2D eigenvalue weighted by molar-refractivity contribution is -0.140. The number of sulfonamides is 1. The van der Waals surface area contributed by atoms with Gasteiger partial charge < -0.3 is 15.0 Å². The van der Waals surface area contributed by atoms with Crippen molar-refractivity contribution in [1.82, 2.24) is 19.5 Å². The van der Waals surface area contributed by atoms with Crippen molar-refractivity contribution in [1.29, 1.82) is 0 Å². The van der Waals surface area contributed by atoms with E-state index in [4.69, 9.17) is 4.74 Å². The number of hydrogen-bond donors (Lipinski definition) is 1. The lowest BCUT2D eigenvalue weighted by Crippen LogP contribution is -2.52. The van der Waals surface area contributed by atoms with Crippen molar-refractivity contribution in [2.24, 2.45) is 0 Å². The van der Waals surface area contributed by atoms with Crippen molar-refractivity contribution in [2.75, 3.05) is 20.2 Å². The van der Waals surface area contributed by atoms with E-state index >= 15 is 0 Å². The molecule has 3 heterocycles. The number of pyridine rings is 1. The van der Waals surface area contributed by atoms with Gasteiger partial charge in [0.05, 0.1) is 12.0 Å². The van der Waals surface area contributed by atoms with Gasteiger partial charge in [-0.1, -0.05) is 0 Å². The number of aryl methyl sites for hydroxylation is 1. The van der Waals surface area contributed by atoms with Crippen LogP contribution in [0.2, 0.25) is 0 Å². The number of nitrogens with zero attached hydrogens (tertiary/aromatic N) is 3. The molecule has 0 saturated carbocycles. The van der Waals surface area contributed by atoms with Crippen LogP contribution in [0.15, 0.2) is 47.6 Å². The van der Waals surface area contributed by atoms with Gasteiger partial charge in [0.1, 0.15) is 17.8 Å². The van der Waals surface area contributed by atoms with Crippen LogP contribution >= 0.6 is 0 Å². The third-order valence-electron chi connectivity index (χ3n) is 6.52. The predicted octanol–water partition coefficient (Wildman–Crippen LogP) is 1.86. The van der Waals surface area contributed by atoms with Crippen LogP contribution in [0.25, 0.3) is 0 Å². The molecule has 2 aliphatic heterocycles. The number of amides is 2. The molecule has 1 aromatic carbocycles. The minimum absolute atomic E-state index is 0.138. The van der Waals surface area contributed by atoms with Gasteiger partial charge in [0.2, 0.25) is 21.8 Å². The molecule has 2 aliphatic rings. The summed E-state index contributed by atoms with van der Waals surface area (Å²) in [6.45, 7) is 2.85. The van der Waals surface area contributed by atoms with E-state index in [1.54, 1.807) is 36.4 Å². The van der Waals surface area contributed by atoms with Crippen molar-refractivity contribution in [3.05, 3.63) is 53.9 Å². The van der Waals surface area contributed by atoms with E-state index in [2.05, 4.69) is 10.3 Å². The molecule has 182 valence electrons. The minimum Gasteiger partial charge on any atom is -0.496 e. The molecule has 1 N–H and O–H groups in total. The van der Waals surface area contributed by atoms with Crippen molar-refractivity contribution in [3.8, 4) is 5.75 Å². The summed E-state index contributed by atoms with van der Waals surface area (Å²) in [4.78, 5) is 32.0. The molecule has 2 atom stereocenters. The van der Waals surface area contributed by atoms with Gasteiger partial charge in [-0.15, -0.1) is 0 Å². The maximum Gasteiger partial charge on any atom is 0.243 e.